The van der Waals surface area contributed by atoms with E-state index in [4.69, 9.17) is 29.5 Å². The number of carboxylic acids is 1. The summed E-state index contributed by atoms with van der Waals surface area (Å²) in [5.41, 5.74) is 2.47. The summed E-state index contributed by atoms with van der Waals surface area (Å²) in [4.78, 5) is 25.9. The first-order chi connectivity index (χ1) is 20.5. The van der Waals surface area contributed by atoms with Crippen LogP contribution in [-0.2, 0) is 16.8 Å². The van der Waals surface area contributed by atoms with Crippen molar-refractivity contribution in [2.45, 2.75) is 52.8 Å². The van der Waals surface area contributed by atoms with Crippen LogP contribution in [0.1, 0.15) is 61.7 Å². The molecule has 4 rings (SSSR count). The zero-order chi connectivity index (χ0) is 33.0. The second-order valence-corrected chi connectivity index (χ2v) is 10.9. The Labute approximate surface area is 252 Å². The Hall–Kier alpha value is -4.54. The molecule has 0 saturated carbocycles. The van der Waals surface area contributed by atoms with Gasteiger partial charge in [0, 0.05) is 17.7 Å². The molecule has 2 aromatic rings. The molecule has 2 aromatic carbocycles. The molecule has 0 aromatic heterocycles. The average molecular weight is 623 g/mol. The highest BCUT2D eigenvalue weighted by atomic mass is 19.4. The molecule has 2 N–H and O–H groups in total. The van der Waals surface area contributed by atoms with Gasteiger partial charge in [0.15, 0.2) is 23.1 Å². The van der Waals surface area contributed by atoms with Gasteiger partial charge in [-0.25, -0.2) is 9.18 Å². The smallest absolute Gasteiger partial charge is 0.490 e. The number of carbonyl (C=O) groups excluding carboxylic acids is 1. The number of rotatable bonds is 8. The summed E-state index contributed by atoms with van der Waals surface area (Å²) in [5.74, 6) is -2.69. The van der Waals surface area contributed by atoms with E-state index < -0.39 is 18.0 Å². The molecule has 0 unspecified atom stereocenters. The predicted molar refractivity (Wildman–Crippen MR) is 152 cm³/mol. The maximum atomic E-state index is 15.4. The Bertz CT molecular complexity index is 1480. The van der Waals surface area contributed by atoms with Gasteiger partial charge in [0.05, 0.1) is 43.6 Å². The highest BCUT2D eigenvalue weighted by Gasteiger charge is 2.38. The van der Waals surface area contributed by atoms with Gasteiger partial charge in [0.2, 0.25) is 0 Å². The first-order valence-corrected chi connectivity index (χ1v) is 13.8. The Balaban J connectivity index is 0.000000676. The number of hydrogen-bond acceptors (Lipinski definition) is 8. The fraction of sp³-hybridized carbons (Fsp3) is 0.467. The number of aliphatic carboxylic acids is 1. The van der Waals surface area contributed by atoms with E-state index in [0.717, 1.165) is 11.3 Å². The van der Waals surface area contributed by atoms with E-state index in [1.807, 2.05) is 31.7 Å². The fourth-order valence-electron chi connectivity index (χ4n) is 4.77. The number of carbonyl (C=O) groups is 2. The van der Waals surface area contributed by atoms with Gasteiger partial charge in [0.1, 0.15) is 24.7 Å². The lowest BCUT2D eigenvalue weighted by Gasteiger charge is -2.34. The molecular formula is C30H34F4N4O6. The zero-order valence-electron chi connectivity index (χ0n) is 25.0. The largest absolute Gasteiger partial charge is 0.490 e. The Morgan fingerprint density at radius 3 is 2.30 bits per heavy atom. The van der Waals surface area contributed by atoms with Crippen molar-refractivity contribution in [2.24, 2.45) is 0 Å². The third-order valence-electron chi connectivity index (χ3n) is 6.76. The van der Waals surface area contributed by atoms with Crippen LogP contribution >= 0.6 is 0 Å². The minimum absolute atomic E-state index is 0.0110. The standard InChI is InChI=1S/C28H33FN4O4.C2HF3O2/c1-6-35-22-14-18-15-33(27(31)23(18)24(29)26(22)36-7-2)16-21(34)17-12-19(28(3,4)5)25-20(13-17)32(9-8-30)10-11-37-25;3-2(4,5)1(6)7/h12-14,31H,6-7,9-11,15-16H2,1-5H3;(H,6,7). The predicted octanol–water partition coefficient (Wildman–Crippen LogP) is 5.30. The van der Waals surface area contributed by atoms with E-state index in [2.05, 4.69) is 6.07 Å². The van der Waals surface area contributed by atoms with E-state index >= 15 is 4.39 Å². The Kier molecular flexibility index (Phi) is 10.3. The number of alkyl halides is 3. The van der Waals surface area contributed by atoms with E-state index in [9.17, 15) is 23.2 Å². The van der Waals surface area contributed by atoms with Crippen LogP contribution in [0.2, 0.25) is 0 Å². The molecule has 2 aliphatic rings. The molecule has 0 radical (unpaired) electrons. The van der Waals surface area contributed by atoms with Crippen LogP contribution in [-0.4, -0.2) is 73.2 Å². The lowest BCUT2D eigenvalue weighted by Crippen LogP contribution is -2.35. The van der Waals surface area contributed by atoms with E-state index in [-0.39, 0.29) is 54.6 Å². The molecule has 0 bridgehead atoms. The number of carboxylic acid groups (broad SMARTS) is 1. The van der Waals surface area contributed by atoms with Gasteiger partial charge < -0.3 is 29.1 Å². The molecule has 14 heteroatoms. The van der Waals surface area contributed by atoms with Crippen molar-refractivity contribution in [3.63, 3.8) is 0 Å². The topological polar surface area (TPSA) is 136 Å². The van der Waals surface area contributed by atoms with Gasteiger partial charge in [-0.15, -0.1) is 0 Å². The van der Waals surface area contributed by atoms with Crippen LogP contribution < -0.4 is 19.1 Å². The average Bonchev–Trinajstić information content (AvgIpc) is 3.24. The van der Waals surface area contributed by atoms with Gasteiger partial charge in [-0.2, -0.15) is 18.4 Å². The summed E-state index contributed by atoms with van der Waals surface area (Å²) in [7, 11) is 0. The maximum Gasteiger partial charge on any atom is 0.490 e. The zero-order valence-corrected chi connectivity index (χ0v) is 25.0. The van der Waals surface area contributed by atoms with Gasteiger partial charge in [-0.1, -0.05) is 20.8 Å². The molecule has 0 aliphatic carbocycles. The van der Waals surface area contributed by atoms with Crippen molar-refractivity contribution < 1.29 is 46.5 Å². The molecule has 2 heterocycles. The molecule has 0 saturated heterocycles. The monoisotopic (exact) mass is 622 g/mol. The van der Waals surface area contributed by atoms with Crippen molar-refractivity contribution in [1.29, 1.82) is 10.7 Å². The lowest BCUT2D eigenvalue weighted by molar-refractivity contribution is -0.192. The molecule has 44 heavy (non-hydrogen) atoms. The number of nitrogens with one attached hydrogen (secondary N) is 1. The molecule has 0 atom stereocenters. The maximum absolute atomic E-state index is 15.4. The first kappa shape index (κ1) is 34.0. The van der Waals surface area contributed by atoms with Gasteiger partial charge in [-0.3, -0.25) is 10.2 Å². The molecule has 10 nitrogen and oxygen atoms in total. The molecular weight excluding hydrogens is 588 g/mol. The van der Waals surface area contributed by atoms with Crippen molar-refractivity contribution in [3.05, 3.63) is 46.3 Å². The summed E-state index contributed by atoms with van der Waals surface area (Å²) >= 11 is 0. The molecule has 0 fully saturated rings. The number of benzene rings is 2. The van der Waals surface area contributed by atoms with Crippen LogP contribution in [0.3, 0.4) is 0 Å². The molecule has 0 spiro atoms. The molecule has 0 amide bonds. The van der Waals surface area contributed by atoms with Gasteiger partial charge >= 0.3 is 12.1 Å². The van der Waals surface area contributed by atoms with E-state index in [1.54, 1.807) is 30.9 Å². The number of fused-ring (bicyclic) bond motifs is 2. The quantitative estimate of drug-likeness (QED) is 0.228. The minimum atomic E-state index is -5.08. The van der Waals surface area contributed by atoms with Crippen LogP contribution in [0.4, 0.5) is 23.2 Å². The molecule has 238 valence electrons. The number of ketones is 1. The van der Waals surface area contributed by atoms with Crippen molar-refractivity contribution in [2.75, 3.05) is 44.4 Å². The SMILES string of the molecule is CCOc1cc2c(c(F)c1OCC)C(=N)N(CC(=O)c1cc3c(c(C(C)(C)C)c1)OCCN3CC#N)C2.O=C(O)C(F)(F)F. The summed E-state index contributed by atoms with van der Waals surface area (Å²) in [6.45, 7) is 11.6. The van der Waals surface area contributed by atoms with Crippen LogP contribution in [0.5, 0.6) is 17.2 Å². The number of nitriles is 1. The first-order valence-electron chi connectivity index (χ1n) is 13.8. The van der Waals surface area contributed by atoms with Crippen molar-refractivity contribution >= 4 is 23.3 Å². The van der Waals surface area contributed by atoms with Crippen LogP contribution in [0.15, 0.2) is 18.2 Å². The lowest BCUT2D eigenvalue weighted by atomic mass is 9.84. The number of halogens is 4. The van der Waals surface area contributed by atoms with Gasteiger partial charge in [-0.05, 0) is 43.0 Å². The number of Topliss-reactive ketones (excluding diaryl/α,β-unsaturated/α-hetero) is 1. The third kappa shape index (κ3) is 7.32. The molecule has 2 aliphatic heterocycles. The normalized spacial score (nSPS) is 14.0. The second-order valence-electron chi connectivity index (χ2n) is 10.9. The minimum Gasteiger partial charge on any atom is -0.490 e. The Morgan fingerprint density at radius 2 is 1.75 bits per heavy atom. The number of hydrogen-bond donors (Lipinski definition) is 2. The third-order valence-corrected chi connectivity index (χ3v) is 6.76. The highest BCUT2D eigenvalue weighted by Crippen LogP contribution is 2.43. The number of amidine groups is 1. The summed E-state index contributed by atoms with van der Waals surface area (Å²) < 4.78 is 64.2. The van der Waals surface area contributed by atoms with Gasteiger partial charge in [0.25, 0.3) is 0 Å². The number of nitrogens with zero attached hydrogens (tertiary/aromatic N) is 3. The van der Waals surface area contributed by atoms with Crippen LogP contribution in [0.25, 0.3) is 0 Å². The summed E-state index contributed by atoms with van der Waals surface area (Å²) in [6, 6.07) is 7.48. The highest BCUT2D eigenvalue weighted by molar-refractivity contribution is 6.06. The number of ether oxygens (including phenoxy) is 3. The Morgan fingerprint density at radius 1 is 1.11 bits per heavy atom. The van der Waals surface area contributed by atoms with Crippen molar-refractivity contribution in [1.82, 2.24) is 4.90 Å². The fourth-order valence-corrected chi connectivity index (χ4v) is 4.77. The summed E-state index contributed by atoms with van der Waals surface area (Å²) in [5, 5.41) is 25.1. The number of anilines is 1. The summed E-state index contributed by atoms with van der Waals surface area (Å²) in [6.07, 6.45) is -5.08. The van der Waals surface area contributed by atoms with Crippen molar-refractivity contribution in [3.8, 4) is 23.3 Å². The van der Waals surface area contributed by atoms with E-state index in [1.165, 1.54) is 0 Å². The van der Waals surface area contributed by atoms with E-state index in [0.29, 0.717) is 42.4 Å². The van der Waals surface area contributed by atoms with Crippen LogP contribution in [0, 0.1) is 22.6 Å². The second kappa shape index (κ2) is 13.4.